The van der Waals surface area contributed by atoms with Crippen LogP contribution in [0.1, 0.15) is 16.3 Å². The van der Waals surface area contributed by atoms with Gasteiger partial charge in [0.15, 0.2) is 0 Å². The van der Waals surface area contributed by atoms with Crippen molar-refractivity contribution in [2.45, 2.75) is 26.2 Å². The first-order chi connectivity index (χ1) is 13.1. The van der Waals surface area contributed by atoms with Crippen LogP contribution in [-0.4, -0.2) is 56.4 Å². The molecule has 1 aliphatic heterocycles. The molecule has 0 fully saturated rings. The molecule has 3 aromatic rings. The molecule has 0 unspecified atom stereocenters. The highest BCUT2D eigenvalue weighted by Gasteiger charge is 2.19. The zero-order valence-electron chi connectivity index (χ0n) is 15.5. The van der Waals surface area contributed by atoms with Crippen molar-refractivity contribution in [2.75, 3.05) is 20.6 Å². The molecule has 0 bridgehead atoms. The number of nitrogens with zero attached hydrogens (tertiary/aromatic N) is 5. The molecule has 27 heavy (non-hydrogen) atoms. The van der Waals surface area contributed by atoms with E-state index >= 15 is 0 Å². The number of hydrogen-bond acceptors (Lipinski definition) is 5. The Kier molecular flexibility index (Phi) is 4.95. The lowest BCUT2D eigenvalue weighted by molar-refractivity contribution is 0.206. The Balaban J connectivity index is 1.36. The third kappa shape index (κ3) is 4.04. The smallest absolute Gasteiger partial charge is 0.317 e. The van der Waals surface area contributed by atoms with E-state index in [1.54, 1.807) is 31.6 Å². The monoisotopic (exact) mass is 385 g/mol. The van der Waals surface area contributed by atoms with E-state index in [1.165, 1.54) is 20.3 Å². The molecule has 8 nitrogen and oxygen atoms in total. The number of hydrogen-bond donors (Lipinski definition) is 2. The first-order valence-electron chi connectivity index (χ1n) is 8.90. The summed E-state index contributed by atoms with van der Waals surface area (Å²) in [6.45, 7) is 4.09. The Labute approximate surface area is 161 Å². The highest BCUT2D eigenvalue weighted by atomic mass is 32.1. The van der Waals surface area contributed by atoms with Crippen LogP contribution < -0.4 is 5.32 Å². The van der Waals surface area contributed by atoms with E-state index in [9.17, 15) is 4.79 Å². The number of fused-ring (bicyclic) bond motifs is 1. The van der Waals surface area contributed by atoms with Gasteiger partial charge in [-0.3, -0.25) is 14.7 Å². The zero-order chi connectivity index (χ0) is 18.8. The lowest BCUT2D eigenvalue weighted by Crippen LogP contribution is -2.34. The van der Waals surface area contributed by atoms with Crippen LogP contribution in [0.5, 0.6) is 0 Å². The van der Waals surface area contributed by atoms with E-state index in [0.29, 0.717) is 6.54 Å². The van der Waals surface area contributed by atoms with Gasteiger partial charge in [0.25, 0.3) is 0 Å². The topological polar surface area (TPSA) is 82.1 Å². The third-order valence-electron chi connectivity index (χ3n) is 4.56. The molecule has 0 aliphatic carbocycles. The molecule has 4 rings (SSSR count). The van der Waals surface area contributed by atoms with Gasteiger partial charge in [0.2, 0.25) is 0 Å². The van der Waals surface area contributed by atoms with Crippen molar-refractivity contribution in [3.63, 3.8) is 0 Å². The molecule has 142 valence electrons. The van der Waals surface area contributed by atoms with Crippen LogP contribution in [0.4, 0.5) is 4.79 Å². The Hall–Kier alpha value is -2.65. The van der Waals surface area contributed by atoms with E-state index in [1.807, 2.05) is 6.07 Å². The molecular formula is C18H23N7OS. The van der Waals surface area contributed by atoms with Gasteiger partial charge in [0.05, 0.1) is 35.0 Å². The summed E-state index contributed by atoms with van der Waals surface area (Å²) >= 11 is 1.80. The molecule has 0 atom stereocenters. The number of H-pyrrole nitrogens is 1. The van der Waals surface area contributed by atoms with Crippen LogP contribution in [0.2, 0.25) is 0 Å². The molecular weight excluding hydrogens is 362 g/mol. The second-order valence-corrected chi connectivity index (χ2v) is 8.02. The predicted octanol–water partition coefficient (Wildman–Crippen LogP) is 2.12. The summed E-state index contributed by atoms with van der Waals surface area (Å²) in [5.41, 5.74) is 3.16. The van der Waals surface area contributed by atoms with E-state index < -0.39 is 0 Å². The average Bonchev–Trinajstić information content (AvgIpc) is 3.39. The number of carbonyl (C=O) groups excluding carboxylic acids is 1. The van der Waals surface area contributed by atoms with Gasteiger partial charge in [-0.05, 0) is 24.3 Å². The Morgan fingerprint density at radius 3 is 3.00 bits per heavy atom. The van der Waals surface area contributed by atoms with Crippen LogP contribution in [-0.2, 0) is 26.2 Å². The molecule has 1 aliphatic rings. The van der Waals surface area contributed by atoms with Gasteiger partial charge in [-0.1, -0.05) is 0 Å². The highest BCUT2D eigenvalue weighted by Crippen LogP contribution is 2.28. The minimum atomic E-state index is -0.103. The number of aromatic amines is 1. The molecule has 0 radical (unpaired) electrons. The fourth-order valence-electron chi connectivity index (χ4n) is 3.15. The quantitative estimate of drug-likeness (QED) is 0.705. The van der Waals surface area contributed by atoms with Crippen LogP contribution >= 0.6 is 11.3 Å². The van der Waals surface area contributed by atoms with Crippen LogP contribution in [0.3, 0.4) is 0 Å². The van der Waals surface area contributed by atoms with Crippen LogP contribution in [0.25, 0.3) is 10.6 Å². The maximum absolute atomic E-state index is 11.7. The summed E-state index contributed by atoms with van der Waals surface area (Å²) in [7, 11) is 3.46. The lowest BCUT2D eigenvalue weighted by Gasteiger charge is -2.26. The van der Waals surface area contributed by atoms with Gasteiger partial charge in [-0.2, -0.15) is 10.2 Å². The summed E-state index contributed by atoms with van der Waals surface area (Å²) < 4.78 is 2.05. The van der Waals surface area contributed by atoms with Crippen molar-refractivity contribution >= 4 is 17.4 Å². The van der Waals surface area contributed by atoms with Gasteiger partial charge >= 0.3 is 6.03 Å². The number of rotatable bonds is 5. The van der Waals surface area contributed by atoms with Gasteiger partial charge in [-0.25, -0.2) is 4.79 Å². The molecule has 0 spiro atoms. The first-order valence-corrected chi connectivity index (χ1v) is 9.72. The number of thiophene rings is 1. The summed E-state index contributed by atoms with van der Waals surface area (Å²) in [5, 5.41) is 14.5. The number of nitrogens with one attached hydrogen (secondary N) is 2. The third-order valence-corrected chi connectivity index (χ3v) is 5.67. The SMILES string of the molecule is CN(C)C(=O)NCc1cc2n(n1)CCN(Cc1ccc(-c3ccn[nH]3)s1)C2. The van der Waals surface area contributed by atoms with E-state index in [2.05, 4.69) is 48.4 Å². The summed E-state index contributed by atoms with van der Waals surface area (Å²) in [6, 6.07) is 8.31. The van der Waals surface area contributed by atoms with Crippen molar-refractivity contribution in [1.29, 1.82) is 0 Å². The molecule has 4 heterocycles. The molecule has 2 amide bonds. The van der Waals surface area contributed by atoms with Gasteiger partial charge in [0, 0.05) is 44.8 Å². The molecule has 0 aromatic carbocycles. The Morgan fingerprint density at radius 1 is 1.33 bits per heavy atom. The average molecular weight is 385 g/mol. The van der Waals surface area contributed by atoms with Crippen LogP contribution in [0.15, 0.2) is 30.5 Å². The normalized spacial score (nSPS) is 14.1. The lowest BCUT2D eigenvalue weighted by atomic mass is 10.2. The van der Waals surface area contributed by atoms with E-state index in [0.717, 1.165) is 37.6 Å². The fourth-order valence-corrected chi connectivity index (χ4v) is 4.17. The number of urea groups is 1. The Morgan fingerprint density at radius 2 is 2.22 bits per heavy atom. The maximum Gasteiger partial charge on any atom is 0.317 e. The molecule has 0 saturated carbocycles. The summed E-state index contributed by atoms with van der Waals surface area (Å²) in [5.74, 6) is 0. The van der Waals surface area contributed by atoms with E-state index in [4.69, 9.17) is 0 Å². The predicted molar refractivity (Wildman–Crippen MR) is 104 cm³/mol. The first kappa shape index (κ1) is 17.7. The Bertz CT molecular complexity index is 912. The second-order valence-electron chi connectivity index (χ2n) is 6.85. The fraction of sp³-hybridized carbons (Fsp3) is 0.389. The summed E-state index contributed by atoms with van der Waals surface area (Å²) in [6.07, 6.45) is 1.78. The van der Waals surface area contributed by atoms with Crippen molar-refractivity contribution in [3.8, 4) is 10.6 Å². The number of aromatic nitrogens is 4. The largest absolute Gasteiger partial charge is 0.332 e. The minimum Gasteiger partial charge on any atom is -0.332 e. The van der Waals surface area contributed by atoms with Gasteiger partial charge in [-0.15, -0.1) is 11.3 Å². The van der Waals surface area contributed by atoms with Crippen molar-refractivity contribution in [3.05, 3.63) is 46.7 Å². The molecule has 9 heteroatoms. The van der Waals surface area contributed by atoms with Gasteiger partial charge in [0.1, 0.15) is 0 Å². The number of carbonyl (C=O) groups is 1. The van der Waals surface area contributed by atoms with Crippen molar-refractivity contribution in [2.24, 2.45) is 0 Å². The standard InChI is InChI=1S/C18H23N7OS/c1-23(2)18(26)19-10-13-9-14-11-24(7-8-25(14)22-13)12-15-3-4-17(27-15)16-5-6-20-21-16/h3-6,9H,7-8,10-12H2,1-2H3,(H,19,26)(H,20,21). The summed E-state index contributed by atoms with van der Waals surface area (Å²) in [4.78, 5) is 18.2. The van der Waals surface area contributed by atoms with Crippen molar-refractivity contribution < 1.29 is 4.79 Å². The van der Waals surface area contributed by atoms with Crippen molar-refractivity contribution in [1.82, 2.24) is 35.1 Å². The maximum atomic E-state index is 11.7. The molecule has 2 N–H and O–H groups in total. The van der Waals surface area contributed by atoms with Crippen LogP contribution in [0, 0.1) is 0 Å². The number of amides is 2. The molecule has 0 saturated heterocycles. The zero-order valence-corrected chi connectivity index (χ0v) is 16.3. The molecule has 3 aromatic heterocycles. The minimum absolute atomic E-state index is 0.103. The second kappa shape index (κ2) is 7.53. The highest BCUT2D eigenvalue weighted by molar-refractivity contribution is 7.15. The van der Waals surface area contributed by atoms with Gasteiger partial charge < -0.3 is 10.2 Å². The van der Waals surface area contributed by atoms with E-state index in [-0.39, 0.29) is 6.03 Å².